The molecule has 0 radical (unpaired) electrons. The van der Waals surface area contributed by atoms with Gasteiger partial charge in [-0.1, -0.05) is 68.4 Å². The zero-order valence-electron chi connectivity index (χ0n) is 14.4. The molecule has 0 aliphatic rings. The number of hydrogen-bond donors (Lipinski definition) is 1. The van der Waals surface area contributed by atoms with Crippen molar-refractivity contribution in [1.82, 2.24) is 4.57 Å². The van der Waals surface area contributed by atoms with E-state index in [4.69, 9.17) is 0 Å². The van der Waals surface area contributed by atoms with Crippen molar-refractivity contribution in [3.63, 3.8) is 0 Å². The molecular weight excluding hydrogens is 294 g/mol. The van der Waals surface area contributed by atoms with E-state index < -0.39 is 0 Å². The highest BCUT2D eigenvalue weighted by Gasteiger charge is 2.17. The van der Waals surface area contributed by atoms with E-state index in [0.717, 1.165) is 13.0 Å². The lowest BCUT2D eigenvalue weighted by molar-refractivity contribution is 0.192. The van der Waals surface area contributed by atoms with Crippen LogP contribution in [0, 0.1) is 5.41 Å². The third kappa shape index (κ3) is 3.95. The largest absolute Gasteiger partial charge is 0.396 e. The molecule has 3 rings (SSSR count). The quantitative estimate of drug-likeness (QED) is 0.661. The molecule has 1 N–H and O–H groups in total. The van der Waals surface area contributed by atoms with Crippen LogP contribution in [0.1, 0.15) is 20.3 Å². The van der Waals surface area contributed by atoms with Gasteiger partial charge in [0.15, 0.2) is 0 Å². The van der Waals surface area contributed by atoms with Gasteiger partial charge < -0.3 is 9.67 Å². The molecule has 0 spiro atoms. The molecule has 2 aromatic carbocycles. The summed E-state index contributed by atoms with van der Waals surface area (Å²) in [5, 5.41) is 9.17. The molecule has 0 fully saturated rings. The lowest BCUT2D eigenvalue weighted by Gasteiger charge is -2.24. The SMILES string of the molecule is CC(C)(CCO)Cn1ccc(-c2ccc(-c3ccccc3)cc2)c1. The van der Waals surface area contributed by atoms with Crippen molar-refractivity contribution < 1.29 is 5.11 Å². The van der Waals surface area contributed by atoms with Crippen LogP contribution in [-0.2, 0) is 6.54 Å². The third-order valence-electron chi connectivity index (χ3n) is 4.48. The second-order valence-corrected chi connectivity index (χ2v) is 7.15. The fourth-order valence-corrected chi connectivity index (χ4v) is 3.07. The van der Waals surface area contributed by atoms with Crippen molar-refractivity contribution in [2.24, 2.45) is 5.41 Å². The summed E-state index contributed by atoms with van der Waals surface area (Å²) in [5.41, 5.74) is 5.04. The molecule has 2 nitrogen and oxygen atoms in total. The van der Waals surface area contributed by atoms with E-state index >= 15 is 0 Å². The van der Waals surface area contributed by atoms with Crippen molar-refractivity contribution in [3.05, 3.63) is 73.1 Å². The summed E-state index contributed by atoms with van der Waals surface area (Å²) in [7, 11) is 0. The molecule has 0 atom stereocenters. The molecule has 124 valence electrons. The number of aromatic nitrogens is 1. The van der Waals surface area contributed by atoms with Crippen molar-refractivity contribution in [1.29, 1.82) is 0 Å². The lowest BCUT2D eigenvalue weighted by atomic mass is 9.90. The van der Waals surface area contributed by atoms with Gasteiger partial charge in [0.05, 0.1) is 0 Å². The van der Waals surface area contributed by atoms with Crippen molar-refractivity contribution >= 4 is 0 Å². The van der Waals surface area contributed by atoms with Crippen LogP contribution < -0.4 is 0 Å². The molecule has 0 unspecified atom stereocenters. The number of aliphatic hydroxyl groups is 1. The van der Waals surface area contributed by atoms with E-state index in [9.17, 15) is 5.11 Å². The van der Waals surface area contributed by atoms with E-state index in [1.807, 2.05) is 6.07 Å². The van der Waals surface area contributed by atoms with Crippen LogP contribution in [0.15, 0.2) is 73.1 Å². The molecule has 24 heavy (non-hydrogen) atoms. The Hall–Kier alpha value is -2.32. The highest BCUT2D eigenvalue weighted by Crippen LogP contribution is 2.27. The summed E-state index contributed by atoms with van der Waals surface area (Å²) < 4.78 is 2.22. The van der Waals surface area contributed by atoms with Gasteiger partial charge in [-0.2, -0.15) is 0 Å². The number of aliphatic hydroxyl groups excluding tert-OH is 1. The molecule has 3 aromatic rings. The van der Waals surface area contributed by atoms with Gasteiger partial charge in [0.25, 0.3) is 0 Å². The third-order valence-corrected chi connectivity index (χ3v) is 4.48. The van der Waals surface area contributed by atoms with Gasteiger partial charge >= 0.3 is 0 Å². The van der Waals surface area contributed by atoms with Gasteiger partial charge in [0.2, 0.25) is 0 Å². The predicted octanol–water partition coefficient (Wildman–Crippen LogP) is 5.23. The van der Waals surface area contributed by atoms with Gasteiger partial charge in [0, 0.05) is 25.5 Å². The van der Waals surface area contributed by atoms with Gasteiger partial charge in [0.1, 0.15) is 0 Å². The zero-order valence-corrected chi connectivity index (χ0v) is 14.4. The molecule has 0 saturated heterocycles. The Morgan fingerprint density at radius 3 is 2.00 bits per heavy atom. The Balaban J connectivity index is 1.76. The Morgan fingerprint density at radius 1 is 0.792 bits per heavy atom. The average Bonchev–Trinajstić information content (AvgIpc) is 3.03. The number of rotatable bonds is 6. The van der Waals surface area contributed by atoms with Crippen LogP contribution in [0.4, 0.5) is 0 Å². The molecule has 2 heteroatoms. The smallest absolute Gasteiger partial charge is 0.0436 e. The zero-order chi connectivity index (χ0) is 17.0. The van der Waals surface area contributed by atoms with Crippen LogP contribution in [0.5, 0.6) is 0 Å². The van der Waals surface area contributed by atoms with E-state index in [1.165, 1.54) is 22.3 Å². The maximum atomic E-state index is 9.17. The Kier molecular flexibility index (Phi) is 4.86. The highest BCUT2D eigenvalue weighted by atomic mass is 16.3. The lowest BCUT2D eigenvalue weighted by Crippen LogP contribution is -2.20. The summed E-state index contributed by atoms with van der Waals surface area (Å²) >= 11 is 0. The first-order chi connectivity index (χ1) is 11.6. The van der Waals surface area contributed by atoms with Gasteiger partial charge in [-0.05, 0) is 40.2 Å². The van der Waals surface area contributed by atoms with E-state index in [1.54, 1.807) is 0 Å². The molecule has 1 heterocycles. The topological polar surface area (TPSA) is 25.2 Å². The monoisotopic (exact) mass is 319 g/mol. The van der Waals surface area contributed by atoms with Gasteiger partial charge in [-0.15, -0.1) is 0 Å². The van der Waals surface area contributed by atoms with Crippen molar-refractivity contribution in [3.8, 4) is 22.3 Å². The van der Waals surface area contributed by atoms with Crippen LogP contribution in [0.3, 0.4) is 0 Å². The summed E-state index contributed by atoms with van der Waals surface area (Å²) in [6.07, 6.45) is 5.13. The number of benzene rings is 2. The number of hydrogen-bond acceptors (Lipinski definition) is 1. The Bertz CT molecular complexity index is 769. The Morgan fingerprint density at radius 2 is 1.38 bits per heavy atom. The normalized spacial score (nSPS) is 11.6. The molecular formula is C22H25NO. The fourth-order valence-electron chi connectivity index (χ4n) is 3.07. The van der Waals surface area contributed by atoms with Crippen LogP contribution in [0.25, 0.3) is 22.3 Å². The van der Waals surface area contributed by atoms with Gasteiger partial charge in [-0.25, -0.2) is 0 Å². The average molecular weight is 319 g/mol. The first kappa shape index (κ1) is 16.5. The molecule has 0 aliphatic heterocycles. The summed E-state index contributed by atoms with van der Waals surface area (Å²) in [4.78, 5) is 0. The molecule has 0 aliphatic carbocycles. The standard InChI is InChI=1S/C22H25NO/c1-22(2,13-15-24)17-23-14-12-21(16-23)20-10-8-19(9-11-20)18-6-4-3-5-7-18/h3-12,14,16,24H,13,15,17H2,1-2H3. The first-order valence-electron chi connectivity index (χ1n) is 8.50. The second-order valence-electron chi connectivity index (χ2n) is 7.15. The summed E-state index contributed by atoms with van der Waals surface area (Å²) in [5.74, 6) is 0. The molecule has 0 amide bonds. The van der Waals surface area contributed by atoms with Gasteiger partial charge in [-0.3, -0.25) is 0 Å². The van der Waals surface area contributed by atoms with Crippen LogP contribution >= 0.6 is 0 Å². The minimum atomic E-state index is 0.0994. The van der Waals surface area contributed by atoms with Crippen molar-refractivity contribution in [2.75, 3.05) is 6.61 Å². The minimum Gasteiger partial charge on any atom is -0.396 e. The first-order valence-corrected chi connectivity index (χ1v) is 8.50. The maximum Gasteiger partial charge on any atom is 0.0436 e. The highest BCUT2D eigenvalue weighted by molar-refractivity contribution is 5.70. The van der Waals surface area contributed by atoms with E-state index in [-0.39, 0.29) is 12.0 Å². The van der Waals surface area contributed by atoms with E-state index in [2.05, 4.69) is 85.4 Å². The van der Waals surface area contributed by atoms with E-state index in [0.29, 0.717) is 0 Å². The summed E-state index contributed by atoms with van der Waals surface area (Å²) in [6.45, 7) is 5.53. The fraction of sp³-hybridized carbons (Fsp3) is 0.273. The van der Waals surface area contributed by atoms with Crippen LogP contribution in [-0.4, -0.2) is 16.3 Å². The molecule has 0 bridgehead atoms. The minimum absolute atomic E-state index is 0.0994. The Labute approximate surface area is 144 Å². The number of nitrogens with zero attached hydrogens (tertiary/aromatic N) is 1. The predicted molar refractivity (Wildman–Crippen MR) is 101 cm³/mol. The van der Waals surface area contributed by atoms with Crippen LogP contribution in [0.2, 0.25) is 0 Å². The molecule has 0 saturated carbocycles. The second kappa shape index (κ2) is 7.06. The molecule has 1 aromatic heterocycles. The summed E-state index contributed by atoms with van der Waals surface area (Å²) in [6, 6.07) is 21.3. The van der Waals surface area contributed by atoms with Crippen molar-refractivity contribution in [2.45, 2.75) is 26.8 Å². The maximum absolute atomic E-state index is 9.17.